The summed E-state index contributed by atoms with van der Waals surface area (Å²) in [6, 6.07) is 8.71. The number of rotatable bonds is 7. The Bertz CT molecular complexity index is 462. The van der Waals surface area contributed by atoms with Gasteiger partial charge in [-0.2, -0.15) is 0 Å². The summed E-state index contributed by atoms with van der Waals surface area (Å²) >= 11 is 0. The Hall–Kier alpha value is -1.88. The Morgan fingerprint density at radius 3 is 2.38 bits per heavy atom. The molecule has 0 spiro atoms. The van der Waals surface area contributed by atoms with Gasteiger partial charge in [-0.05, 0) is 25.5 Å². The van der Waals surface area contributed by atoms with Crippen LogP contribution in [0.15, 0.2) is 30.3 Å². The molecule has 1 aromatic rings. The standard InChI is InChI=1S/C16H25N3O2/c1-4-10-19(16(21)12(2)11-17)13(3)15(20)18-14-8-6-5-7-9-14/h5-9,12-13H,4,10-11,17H2,1-3H3,(H,18,20). The van der Waals surface area contributed by atoms with E-state index < -0.39 is 6.04 Å². The first kappa shape index (κ1) is 17.2. The van der Waals surface area contributed by atoms with Gasteiger partial charge in [0.1, 0.15) is 6.04 Å². The Morgan fingerprint density at radius 2 is 1.86 bits per heavy atom. The number of hydrogen-bond donors (Lipinski definition) is 2. The maximum absolute atomic E-state index is 12.3. The second kappa shape index (κ2) is 8.42. The molecule has 0 aliphatic rings. The molecule has 1 rings (SSSR count). The average Bonchev–Trinajstić information content (AvgIpc) is 2.51. The summed E-state index contributed by atoms with van der Waals surface area (Å²) in [5.74, 6) is -0.536. The molecule has 2 atom stereocenters. The maximum atomic E-state index is 12.3. The monoisotopic (exact) mass is 291 g/mol. The van der Waals surface area contributed by atoms with Crippen molar-refractivity contribution in [2.24, 2.45) is 11.7 Å². The summed E-state index contributed by atoms with van der Waals surface area (Å²) in [4.78, 5) is 26.2. The lowest BCUT2D eigenvalue weighted by atomic mass is 10.1. The Balaban J connectivity index is 2.77. The Labute approximate surface area is 126 Å². The van der Waals surface area contributed by atoms with Crippen LogP contribution in [0.1, 0.15) is 27.2 Å². The van der Waals surface area contributed by atoms with Gasteiger partial charge in [0.05, 0.1) is 0 Å². The van der Waals surface area contributed by atoms with Crippen molar-refractivity contribution in [1.29, 1.82) is 0 Å². The zero-order chi connectivity index (χ0) is 15.8. The number of hydrogen-bond acceptors (Lipinski definition) is 3. The summed E-state index contributed by atoms with van der Waals surface area (Å²) in [6.07, 6.45) is 0.798. The van der Waals surface area contributed by atoms with E-state index in [9.17, 15) is 9.59 Å². The van der Waals surface area contributed by atoms with E-state index in [0.29, 0.717) is 6.54 Å². The van der Waals surface area contributed by atoms with E-state index in [4.69, 9.17) is 5.73 Å². The van der Waals surface area contributed by atoms with E-state index in [1.165, 1.54) is 0 Å². The van der Waals surface area contributed by atoms with Gasteiger partial charge in [-0.1, -0.05) is 32.0 Å². The molecular formula is C16H25N3O2. The number of nitrogens with zero attached hydrogens (tertiary/aromatic N) is 1. The smallest absolute Gasteiger partial charge is 0.246 e. The summed E-state index contributed by atoms with van der Waals surface area (Å²) in [7, 11) is 0. The van der Waals surface area contributed by atoms with Crippen LogP contribution in [0, 0.1) is 5.92 Å². The number of carbonyl (C=O) groups is 2. The van der Waals surface area contributed by atoms with Crippen LogP contribution in [-0.2, 0) is 9.59 Å². The highest BCUT2D eigenvalue weighted by Crippen LogP contribution is 2.11. The van der Waals surface area contributed by atoms with Gasteiger partial charge < -0.3 is 16.0 Å². The SMILES string of the molecule is CCCN(C(=O)C(C)CN)C(C)C(=O)Nc1ccccc1. The second-order valence-corrected chi connectivity index (χ2v) is 5.20. The van der Waals surface area contributed by atoms with E-state index in [1.54, 1.807) is 18.7 Å². The summed E-state index contributed by atoms with van der Waals surface area (Å²) in [6.45, 7) is 6.34. The summed E-state index contributed by atoms with van der Waals surface area (Å²) in [5.41, 5.74) is 6.29. The Morgan fingerprint density at radius 1 is 1.24 bits per heavy atom. The van der Waals surface area contributed by atoms with Crippen molar-refractivity contribution >= 4 is 17.5 Å². The number of amides is 2. The summed E-state index contributed by atoms with van der Waals surface area (Å²) < 4.78 is 0. The lowest BCUT2D eigenvalue weighted by molar-refractivity contribution is -0.141. The van der Waals surface area contributed by atoms with Crippen molar-refractivity contribution in [3.8, 4) is 0 Å². The van der Waals surface area contributed by atoms with Gasteiger partial charge in [-0.3, -0.25) is 9.59 Å². The van der Waals surface area contributed by atoms with Crippen LogP contribution >= 0.6 is 0 Å². The minimum atomic E-state index is -0.522. The predicted molar refractivity (Wildman–Crippen MR) is 84.8 cm³/mol. The van der Waals surface area contributed by atoms with Crippen molar-refractivity contribution in [3.05, 3.63) is 30.3 Å². The number of benzene rings is 1. The fourth-order valence-corrected chi connectivity index (χ4v) is 2.03. The van der Waals surface area contributed by atoms with Crippen molar-refractivity contribution < 1.29 is 9.59 Å². The van der Waals surface area contributed by atoms with Crippen LogP contribution in [0.25, 0.3) is 0 Å². The number of para-hydroxylation sites is 1. The molecule has 0 saturated heterocycles. The van der Waals surface area contributed by atoms with Gasteiger partial charge in [-0.25, -0.2) is 0 Å². The molecule has 116 valence electrons. The molecule has 0 aliphatic heterocycles. The van der Waals surface area contributed by atoms with E-state index in [-0.39, 0.29) is 24.3 Å². The number of nitrogens with two attached hydrogens (primary N) is 1. The van der Waals surface area contributed by atoms with Crippen LogP contribution in [0.3, 0.4) is 0 Å². The van der Waals surface area contributed by atoms with E-state index in [0.717, 1.165) is 12.1 Å². The van der Waals surface area contributed by atoms with E-state index in [1.807, 2.05) is 37.3 Å². The molecule has 0 bridgehead atoms. The van der Waals surface area contributed by atoms with Gasteiger partial charge in [-0.15, -0.1) is 0 Å². The van der Waals surface area contributed by atoms with Gasteiger partial charge in [0.25, 0.3) is 0 Å². The topological polar surface area (TPSA) is 75.4 Å². The van der Waals surface area contributed by atoms with Gasteiger partial charge in [0.15, 0.2) is 0 Å². The minimum absolute atomic E-state index is 0.0740. The number of anilines is 1. The molecule has 0 radical (unpaired) electrons. The third-order valence-corrected chi connectivity index (χ3v) is 3.41. The highest BCUT2D eigenvalue weighted by molar-refractivity contribution is 5.97. The first-order chi connectivity index (χ1) is 10.0. The molecule has 1 aromatic carbocycles. The van der Waals surface area contributed by atoms with Gasteiger partial charge in [0, 0.05) is 24.7 Å². The van der Waals surface area contributed by atoms with Crippen LogP contribution in [0.2, 0.25) is 0 Å². The van der Waals surface area contributed by atoms with Crippen molar-refractivity contribution in [2.45, 2.75) is 33.2 Å². The van der Waals surface area contributed by atoms with Gasteiger partial charge >= 0.3 is 0 Å². The average molecular weight is 291 g/mol. The molecule has 5 nitrogen and oxygen atoms in total. The third-order valence-electron chi connectivity index (χ3n) is 3.41. The normalized spacial score (nSPS) is 13.3. The Kier molecular flexibility index (Phi) is 6.88. The first-order valence-corrected chi connectivity index (χ1v) is 7.37. The molecule has 5 heteroatoms. The number of nitrogens with one attached hydrogen (secondary N) is 1. The molecule has 0 fully saturated rings. The molecular weight excluding hydrogens is 266 g/mol. The molecule has 21 heavy (non-hydrogen) atoms. The molecule has 3 N–H and O–H groups in total. The lowest BCUT2D eigenvalue weighted by Crippen LogP contribution is -2.48. The molecule has 2 amide bonds. The first-order valence-electron chi connectivity index (χ1n) is 7.37. The van der Waals surface area contributed by atoms with Gasteiger partial charge in [0.2, 0.25) is 11.8 Å². The van der Waals surface area contributed by atoms with E-state index in [2.05, 4.69) is 5.32 Å². The minimum Gasteiger partial charge on any atom is -0.331 e. The van der Waals surface area contributed by atoms with Crippen LogP contribution < -0.4 is 11.1 Å². The highest BCUT2D eigenvalue weighted by atomic mass is 16.2. The maximum Gasteiger partial charge on any atom is 0.246 e. The quantitative estimate of drug-likeness (QED) is 0.805. The fraction of sp³-hybridized carbons (Fsp3) is 0.500. The predicted octanol–water partition coefficient (Wildman–Crippen LogP) is 1.85. The van der Waals surface area contributed by atoms with Crippen LogP contribution in [-0.4, -0.2) is 35.8 Å². The largest absolute Gasteiger partial charge is 0.331 e. The van der Waals surface area contributed by atoms with Crippen LogP contribution in [0.5, 0.6) is 0 Å². The second-order valence-electron chi connectivity index (χ2n) is 5.20. The molecule has 0 heterocycles. The zero-order valence-corrected chi connectivity index (χ0v) is 13.0. The molecule has 0 aromatic heterocycles. The lowest BCUT2D eigenvalue weighted by Gasteiger charge is -2.30. The van der Waals surface area contributed by atoms with E-state index >= 15 is 0 Å². The van der Waals surface area contributed by atoms with Crippen molar-refractivity contribution in [3.63, 3.8) is 0 Å². The number of carbonyl (C=O) groups excluding carboxylic acids is 2. The zero-order valence-electron chi connectivity index (χ0n) is 13.0. The third kappa shape index (κ3) is 4.86. The van der Waals surface area contributed by atoms with Crippen molar-refractivity contribution in [1.82, 2.24) is 4.90 Å². The molecule has 0 saturated carbocycles. The summed E-state index contributed by atoms with van der Waals surface area (Å²) in [5, 5.41) is 2.83. The van der Waals surface area contributed by atoms with Crippen molar-refractivity contribution in [2.75, 3.05) is 18.4 Å². The molecule has 0 aliphatic carbocycles. The highest BCUT2D eigenvalue weighted by Gasteiger charge is 2.27. The fourth-order valence-electron chi connectivity index (χ4n) is 2.03. The van der Waals surface area contributed by atoms with Crippen LogP contribution in [0.4, 0.5) is 5.69 Å². The molecule has 2 unspecified atom stereocenters.